The van der Waals surface area contributed by atoms with Crippen LogP contribution in [0.5, 0.6) is 11.5 Å². The van der Waals surface area contributed by atoms with E-state index in [1.165, 1.54) is 46.3 Å². The lowest BCUT2D eigenvalue weighted by Gasteiger charge is -2.20. The number of esters is 2. The van der Waals surface area contributed by atoms with Gasteiger partial charge in [-0.3, -0.25) is 4.57 Å². The SMILES string of the molecule is C=C(C)C(=O)Oc1cc(P(=O)(OC)OC)c(OC(=O)C(=C)C)c2ccc(Cl)cc12. The average molecular weight is 439 g/mol. The molecule has 0 aliphatic rings. The number of benzene rings is 2. The Morgan fingerprint density at radius 3 is 2.00 bits per heavy atom. The maximum Gasteiger partial charge on any atom is 0.364 e. The van der Waals surface area contributed by atoms with Gasteiger partial charge in [0, 0.05) is 47.2 Å². The summed E-state index contributed by atoms with van der Waals surface area (Å²) in [6, 6.07) is 5.86. The average Bonchev–Trinajstić information content (AvgIpc) is 2.68. The predicted octanol–water partition coefficient (Wildman–Crippen LogP) is 4.57. The smallest absolute Gasteiger partial charge is 0.364 e. The minimum absolute atomic E-state index is 0.0231. The van der Waals surface area contributed by atoms with Crippen LogP contribution in [-0.4, -0.2) is 26.2 Å². The van der Waals surface area contributed by atoms with Gasteiger partial charge in [0.15, 0.2) is 5.75 Å². The van der Waals surface area contributed by atoms with Crippen molar-refractivity contribution in [1.29, 1.82) is 0 Å². The third-order valence-corrected chi connectivity index (χ3v) is 5.98. The summed E-state index contributed by atoms with van der Waals surface area (Å²) in [5.74, 6) is -1.50. The maximum absolute atomic E-state index is 13.2. The molecule has 0 aliphatic heterocycles. The van der Waals surface area contributed by atoms with Gasteiger partial charge in [0.2, 0.25) is 0 Å². The Kier molecular flexibility index (Phi) is 7.03. The summed E-state index contributed by atoms with van der Waals surface area (Å²) in [4.78, 5) is 24.3. The lowest BCUT2D eigenvalue weighted by atomic mass is 10.1. The van der Waals surface area contributed by atoms with Gasteiger partial charge in [0.1, 0.15) is 11.1 Å². The Hall–Kier alpha value is -2.44. The summed E-state index contributed by atoms with van der Waals surface area (Å²) >= 11 is 6.10. The quantitative estimate of drug-likeness (QED) is 0.271. The van der Waals surface area contributed by atoms with Crippen molar-refractivity contribution < 1.29 is 32.7 Å². The molecule has 0 saturated carbocycles. The Morgan fingerprint density at radius 2 is 1.48 bits per heavy atom. The van der Waals surface area contributed by atoms with E-state index in [-0.39, 0.29) is 27.9 Å². The lowest BCUT2D eigenvalue weighted by Crippen LogP contribution is -2.19. The Balaban J connectivity index is 2.91. The Bertz CT molecular complexity index is 1070. The molecular weight excluding hydrogens is 419 g/mol. The normalized spacial score (nSPS) is 11.2. The van der Waals surface area contributed by atoms with Gasteiger partial charge in [-0.1, -0.05) is 24.8 Å². The summed E-state index contributed by atoms with van der Waals surface area (Å²) in [6.45, 7) is 10.0. The second kappa shape index (κ2) is 8.93. The summed E-state index contributed by atoms with van der Waals surface area (Å²) in [5, 5.41) is 0.896. The molecule has 0 aromatic heterocycles. The zero-order valence-electron chi connectivity index (χ0n) is 16.4. The van der Waals surface area contributed by atoms with Crippen LogP contribution in [0.2, 0.25) is 5.02 Å². The molecule has 0 aliphatic carbocycles. The minimum atomic E-state index is -3.92. The molecular formula is C20H20ClO7P. The highest BCUT2D eigenvalue weighted by Crippen LogP contribution is 2.51. The van der Waals surface area contributed by atoms with Crippen LogP contribution in [0, 0.1) is 0 Å². The number of ether oxygens (including phenoxy) is 2. The van der Waals surface area contributed by atoms with Crippen LogP contribution in [0.15, 0.2) is 48.6 Å². The third kappa shape index (κ3) is 4.77. The van der Waals surface area contributed by atoms with Gasteiger partial charge in [-0.25, -0.2) is 9.59 Å². The van der Waals surface area contributed by atoms with E-state index in [0.717, 1.165) is 0 Å². The zero-order valence-corrected chi connectivity index (χ0v) is 18.1. The van der Waals surface area contributed by atoms with Gasteiger partial charge in [-0.15, -0.1) is 0 Å². The molecule has 0 spiro atoms. The molecule has 0 radical (unpaired) electrons. The van der Waals surface area contributed by atoms with E-state index >= 15 is 0 Å². The van der Waals surface area contributed by atoms with Crippen molar-refractivity contribution in [3.63, 3.8) is 0 Å². The molecule has 0 amide bonds. The molecule has 2 rings (SSSR count). The summed E-state index contributed by atoms with van der Waals surface area (Å²) in [6.07, 6.45) is 0. The zero-order chi connectivity index (χ0) is 21.9. The van der Waals surface area contributed by atoms with E-state index in [1.807, 2.05) is 0 Å². The van der Waals surface area contributed by atoms with E-state index in [2.05, 4.69) is 13.2 Å². The van der Waals surface area contributed by atoms with Crippen LogP contribution in [0.25, 0.3) is 10.8 Å². The number of fused-ring (bicyclic) bond motifs is 1. The first kappa shape index (κ1) is 22.8. The first-order valence-electron chi connectivity index (χ1n) is 8.27. The lowest BCUT2D eigenvalue weighted by molar-refractivity contribution is -0.131. The van der Waals surface area contributed by atoms with E-state index in [1.54, 1.807) is 6.07 Å². The summed E-state index contributed by atoms with van der Waals surface area (Å²) < 4.78 is 34.1. The number of carbonyl (C=O) groups is 2. The van der Waals surface area contributed by atoms with Gasteiger partial charge < -0.3 is 18.5 Å². The molecule has 7 nitrogen and oxygen atoms in total. The van der Waals surface area contributed by atoms with Crippen LogP contribution in [0.3, 0.4) is 0 Å². The highest BCUT2D eigenvalue weighted by Gasteiger charge is 2.33. The summed E-state index contributed by atoms with van der Waals surface area (Å²) in [7, 11) is -1.56. The fraction of sp³-hybridized carbons (Fsp3) is 0.200. The molecule has 9 heteroatoms. The van der Waals surface area contributed by atoms with Crippen molar-refractivity contribution in [3.05, 3.63) is 53.6 Å². The van der Waals surface area contributed by atoms with Crippen molar-refractivity contribution in [1.82, 2.24) is 0 Å². The molecule has 2 aromatic carbocycles. The number of rotatable bonds is 7. The topological polar surface area (TPSA) is 88.1 Å². The van der Waals surface area contributed by atoms with Crippen molar-refractivity contribution >= 4 is 47.2 Å². The fourth-order valence-electron chi connectivity index (χ4n) is 2.36. The number of hydrogen-bond donors (Lipinski definition) is 0. The Morgan fingerprint density at radius 1 is 0.931 bits per heavy atom. The largest absolute Gasteiger partial charge is 0.422 e. The molecule has 0 unspecified atom stereocenters. The van der Waals surface area contributed by atoms with Crippen LogP contribution in [0.4, 0.5) is 0 Å². The van der Waals surface area contributed by atoms with Crippen molar-refractivity contribution in [2.75, 3.05) is 14.2 Å². The van der Waals surface area contributed by atoms with Crippen LogP contribution in [-0.2, 0) is 23.2 Å². The van der Waals surface area contributed by atoms with E-state index < -0.39 is 19.5 Å². The highest BCUT2D eigenvalue weighted by molar-refractivity contribution is 7.62. The van der Waals surface area contributed by atoms with Crippen LogP contribution >= 0.6 is 19.2 Å². The molecule has 2 aromatic rings. The molecule has 0 N–H and O–H groups in total. The van der Waals surface area contributed by atoms with Gasteiger partial charge in [0.25, 0.3) is 0 Å². The first-order chi connectivity index (χ1) is 13.5. The monoisotopic (exact) mass is 438 g/mol. The van der Waals surface area contributed by atoms with Gasteiger partial charge in [0.05, 0.1) is 0 Å². The number of halogens is 1. The molecule has 0 fully saturated rings. The van der Waals surface area contributed by atoms with E-state index in [4.69, 9.17) is 30.1 Å². The molecule has 29 heavy (non-hydrogen) atoms. The molecule has 0 saturated heterocycles. The van der Waals surface area contributed by atoms with Crippen molar-refractivity contribution in [2.45, 2.75) is 13.8 Å². The second-order valence-corrected chi connectivity index (χ2v) is 8.76. The summed E-state index contributed by atoms with van der Waals surface area (Å²) in [5.41, 5.74) is 0.279. The van der Waals surface area contributed by atoms with Crippen LogP contribution in [0.1, 0.15) is 13.8 Å². The molecule has 0 heterocycles. The van der Waals surface area contributed by atoms with Gasteiger partial charge in [-0.2, -0.15) is 0 Å². The second-order valence-electron chi connectivity index (χ2n) is 6.12. The van der Waals surface area contributed by atoms with Crippen LogP contribution < -0.4 is 14.8 Å². The fourth-order valence-corrected chi connectivity index (χ4v) is 3.76. The minimum Gasteiger partial charge on any atom is -0.422 e. The molecule has 0 atom stereocenters. The van der Waals surface area contributed by atoms with Gasteiger partial charge in [-0.05, 0) is 32.0 Å². The molecule has 0 bridgehead atoms. The number of carbonyl (C=O) groups excluding carboxylic acids is 2. The predicted molar refractivity (Wildman–Crippen MR) is 111 cm³/mol. The number of hydrogen-bond acceptors (Lipinski definition) is 7. The van der Waals surface area contributed by atoms with Gasteiger partial charge >= 0.3 is 19.5 Å². The standard InChI is InChI=1S/C20H20ClO7P/c1-11(2)19(22)27-16-10-17(29(24,25-5)26-6)18(28-20(23)12(3)4)14-8-7-13(21)9-15(14)16/h7-10H,1,3H2,2,4-6H3. The van der Waals surface area contributed by atoms with Crippen molar-refractivity contribution in [2.24, 2.45) is 0 Å². The van der Waals surface area contributed by atoms with E-state index in [0.29, 0.717) is 15.8 Å². The maximum atomic E-state index is 13.2. The third-order valence-electron chi connectivity index (χ3n) is 3.86. The highest BCUT2D eigenvalue weighted by atomic mass is 35.5. The van der Waals surface area contributed by atoms with E-state index in [9.17, 15) is 14.2 Å². The van der Waals surface area contributed by atoms with Crippen molar-refractivity contribution in [3.8, 4) is 11.5 Å². The molecule has 154 valence electrons. The first-order valence-corrected chi connectivity index (χ1v) is 10.2. The Labute approximate surface area is 173 Å².